The Morgan fingerprint density at radius 3 is 2.70 bits per heavy atom. The number of amides is 1. The van der Waals surface area contributed by atoms with Crippen molar-refractivity contribution in [3.8, 4) is 11.3 Å². The summed E-state index contributed by atoms with van der Waals surface area (Å²) in [5, 5.41) is 3.34. The fraction of sp³-hybridized carbons (Fsp3) is 0.0556. The maximum Gasteiger partial charge on any atom is 0.417 e. The Morgan fingerprint density at radius 2 is 2.00 bits per heavy atom. The van der Waals surface area contributed by atoms with Gasteiger partial charge in [-0.1, -0.05) is 17.7 Å². The lowest BCUT2D eigenvalue weighted by atomic mass is 10.1. The number of hydrogen-bond donors (Lipinski definition) is 1. The quantitative estimate of drug-likeness (QED) is 0.512. The van der Waals surface area contributed by atoms with Crippen LogP contribution in [0.2, 0.25) is 5.02 Å². The van der Waals surface area contributed by atoms with Gasteiger partial charge in [0.15, 0.2) is 0 Å². The van der Waals surface area contributed by atoms with Crippen LogP contribution in [-0.4, -0.2) is 17.1 Å². The molecule has 0 radical (unpaired) electrons. The first-order chi connectivity index (χ1) is 12.8. The van der Waals surface area contributed by atoms with E-state index in [0.29, 0.717) is 0 Å². The van der Waals surface area contributed by atoms with E-state index in [2.05, 4.69) is 15.5 Å². The Bertz CT molecular complexity index is 985. The molecule has 0 spiro atoms. The summed E-state index contributed by atoms with van der Waals surface area (Å²) in [6, 6.07) is 11.3. The number of hydrogen-bond acceptors (Lipinski definition) is 4. The van der Waals surface area contributed by atoms with Gasteiger partial charge in [-0.2, -0.15) is 18.3 Å². The van der Waals surface area contributed by atoms with Crippen LogP contribution in [0.1, 0.15) is 21.8 Å². The Kier molecular flexibility index (Phi) is 5.27. The van der Waals surface area contributed by atoms with E-state index in [9.17, 15) is 18.0 Å². The van der Waals surface area contributed by atoms with Gasteiger partial charge in [0.2, 0.25) is 0 Å². The number of furan rings is 1. The van der Waals surface area contributed by atoms with Crippen molar-refractivity contribution in [2.45, 2.75) is 6.18 Å². The van der Waals surface area contributed by atoms with Gasteiger partial charge in [-0.05, 0) is 42.5 Å². The molecule has 138 valence electrons. The highest BCUT2D eigenvalue weighted by molar-refractivity contribution is 6.31. The maximum absolute atomic E-state index is 13.0. The minimum absolute atomic E-state index is 0.190. The third kappa shape index (κ3) is 4.53. The van der Waals surface area contributed by atoms with Crippen LogP contribution in [0, 0.1) is 0 Å². The van der Waals surface area contributed by atoms with Crippen LogP contribution in [0.25, 0.3) is 11.3 Å². The van der Waals surface area contributed by atoms with Crippen LogP contribution in [0.4, 0.5) is 13.2 Å². The van der Waals surface area contributed by atoms with Gasteiger partial charge in [-0.25, -0.2) is 5.43 Å². The number of alkyl halides is 3. The molecule has 9 heteroatoms. The summed E-state index contributed by atoms with van der Waals surface area (Å²) in [5.74, 6) is -0.0596. The van der Waals surface area contributed by atoms with E-state index in [0.717, 1.165) is 12.1 Å². The van der Waals surface area contributed by atoms with Gasteiger partial charge in [0, 0.05) is 11.8 Å². The van der Waals surface area contributed by atoms with E-state index in [-0.39, 0.29) is 22.8 Å². The molecule has 3 aromatic rings. The average molecular weight is 394 g/mol. The highest BCUT2D eigenvalue weighted by atomic mass is 35.5. The Balaban J connectivity index is 1.73. The van der Waals surface area contributed by atoms with E-state index in [1.807, 2.05) is 0 Å². The molecule has 2 aromatic heterocycles. The van der Waals surface area contributed by atoms with Crippen molar-refractivity contribution in [1.29, 1.82) is 0 Å². The molecule has 27 heavy (non-hydrogen) atoms. The number of carbonyl (C=O) groups excluding carboxylic acids is 1. The van der Waals surface area contributed by atoms with Crippen molar-refractivity contribution in [1.82, 2.24) is 10.4 Å². The number of nitrogens with one attached hydrogen (secondary N) is 1. The first kappa shape index (κ1) is 18.7. The van der Waals surface area contributed by atoms with Gasteiger partial charge in [0.1, 0.15) is 17.2 Å². The van der Waals surface area contributed by atoms with Crippen LogP contribution in [0.15, 0.2) is 64.2 Å². The van der Waals surface area contributed by atoms with Gasteiger partial charge in [-0.3, -0.25) is 9.78 Å². The molecule has 5 nitrogen and oxygen atoms in total. The number of rotatable bonds is 4. The average Bonchev–Trinajstić information content (AvgIpc) is 3.10. The largest absolute Gasteiger partial charge is 0.455 e. The highest BCUT2D eigenvalue weighted by Crippen LogP contribution is 2.37. The molecule has 1 amide bonds. The summed E-state index contributed by atoms with van der Waals surface area (Å²) in [7, 11) is 0. The lowest BCUT2D eigenvalue weighted by Gasteiger charge is -2.09. The lowest BCUT2D eigenvalue weighted by Crippen LogP contribution is -2.18. The zero-order valence-electron chi connectivity index (χ0n) is 13.5. The molecule has 0 saturated heterocycles. The molecule has 1 N–H and O–H groups in total. The number of pyridine rings is 1. The van der Waals surface area contributed by atoms with Gasteiger partial charge in [0.05, 0.1) is 16.8 Å². The molecule has 3 rings (SSSR count). The van der Waals surface area contributed by atoms with E-state index in [1.165, 1.54) is 36.7 Å². The standard InChI is InChI=1S/C18H11ClF3N3O2/c19-14-6-4-11(9-13(14)18(20,21)22)16-7-5-12(27-16)10-24-25-17(26)15-3-1-2-8-23-15/h1-10H,(H,25,26). The summed E-state index contributed by atoms with van der Waals surface area (Å²) in [5.41, 5.74) is 1.73. The van der Waals surface area contributed by atoms with Crippen molar-refractivity contribution in [2.75, 3.05) is 0 Å². The van der Waals surface area contributed by atoms with Gasteiger partial charge in [-0.15, -0.1) is 0 Å². The number of aromatic nitrogens is 1. The maximum atomic E-state index is 13.0. The molecule has 0 aliphatic rings. The minimum Gasteiger partial charge on any atom is -0.455 e. The van der Waals surface area contributed by atoms with Crippen molar-refractivity contribution in [3.05, 3.63) is 76.8 Å². The fourth-order valence-electron chi connectivity index (χ4n) is 2.18. The number of benzene rings is 1. The number of halogens is 4. The molecule has 0 aliphatic heterocycles. The molecule has 0 fully saturated rings. The second-order valence-electron chi connectivity index (χ2n) is 5.31. The Hall–Kier alpha value is -3.13. The third-order valence-electron chi connectivity index (χ3n) is 3.44. The van der Waals surface area contributed by atoms with Crippen molar-refractivity contribution < 1.29 is 22.4 Å². The predicted octanol–water partition coefficient (Wildman–Crippen LogP) is 4.78. The van der Waals surface area contributed by atoms with E-state index in [4.69, 9.17) is 16.0 Å². The second kappa shape index (κ2) is 7.63. The molecule has 0 bridgehead atoms. The summed E-state index contributed by atoms with van der Waals surface area (Å²) < 4.78 is 44.3. The smallest absolute Gasteiger partial charge is 0.417 e. The lowest BCUT2D eigenvalue weighted by molar-refractivity contribution is -0.137. The summed E-state index contributed by atoms with van der Waals surface area (Å²) >= 11 is 5.61. The zero-order chi connectivity index (χ0) is 19.4. The molecule has 2 heterocycles. The molecular weight excluding hydrogens is 383 g/mol. The molecule has 0 unspecified atom stereocenters. The number of carbonyl (C=O) groups is 1. The predicted molar refractivity (Wildman–Crippen MR) is 93.5 cm³/mol. The topological polar surface area (TPSA) is 67.5 Å². The van der Waals surface area contributed by atoms with Crippen LogP contribution in [0.3, 0.4) is 0 Å². The highest BCUT2D eigenvalue weighted by Gasteiger charge is 2.33. The summed E-state index contributed by atoms with van der Waals surface area (Å²) in [6.45, 7) is 0. The summed E-state index contributed by atoms with van der Waals surface area (Å²) in [6.07, 6.45) is -1.87. The van der Waals surface area contributed by atoms with Crippen molar-refractivity contribution >= 4 is 23.7 Å². The first-order valence-corrected chi connectivity index (χ1v) is 7.94. The Labute approximate surface area is 156 Å². The SMILES string of the molecule is O=C(NN=Cc1ccc(-c2ccc(Cl)c(C(F)(F)F)c2)o1)c1ccccn1. The second-order valence-corrected chi connectivity index (χ2v) is 5.72. The van der Waals surface area contributed by atoms with Crippen molar-refractivity contribution in [2.24, 2.45) is 5.10 Å². The summed E-state index contributed by atoms with van der Waals surface area (Å²) in [4.78, 5) is 15.7. The number of hydrazone groups is 1. The van der Waals surface area contributed by atoms with Crippen LogP contribution in [0.5, 0.6) is 0 Å². The van der Waals surface area contributed by atoms with Crippen LogP contribution in [-0.2, 0) is 6.18 Å². The van der Waals surface area contributed by atoms with Crippen LogP contribution >= 0.6 is 11.6 Å². The minimum atomic E-state index is -4.57. The molecule has 0 atom stereocenters. The third-order valence-corrected chi connectivity index (χ3v) is 3.77. The monoisotopic (exact) mass is 393 g/mol. The van der Waals surface area contributed by atoms with Gasteiger partial charge >= 0.3 is 6.18 Å². The number of nitrogens with zero attached hydrogens (tertiary/aromatic N) is 2. The molecule has 0 saturated carbocycles. The molecule has 1 aromatic carbocycles. The zero-order valence-corrected chi connectivity index (χ0v) is 14.3. The Morgan fingerprint density at radius 1 is 1.19 bits per heavy atom. The molecular formula is C18H11ClF3N3O2. The van der Waals surface area contributed by atoms with E-state index < -0.39 is 22.7 Å². The van der Waals surface area contributed by atoms with Crippen LogP contribution < -0.4 is 5.43 Å². The fourth-order valence-corrected chi connectivity index (χ4v) is 2.41. The van der Waals surface area contributed by atoms with Crippen molar-refractivity contribution in [3.63, 3.8) is 0 Å². The van der Waals surface area contributed by atoms with E-state index >= 15 is 0 Å². The normalized spacial score (nSPS) is 11.7. The molecule has 0 aliphatic carbocycles. The van der Waals surface area contributed by atoms with E-state index in [1.54, 1.807) is 12.1 Å². The van der Waals surface area contributed by atoms with Gasteiger partial charge < -0.3 is 4.42 Å². The van der Waals surface area contributed by atoms with Gasteiger partial charge in [0.25, 0.3) is 5.91 Å². The first-order valence-electron chi connectivity index (χ1n) is 7.56.